The summed E-state index contributed by atoms with van der Waals surface area (Å²) in [6.45, 7) is 4.23. The molecule has 0 unspecified atom stereocenters. The predicted octanol–water partition coefficient (Wildman–Crippen LogP) is 6.40. The molecule has 0 aliphatic heterocycles. The van der Waals surface area contributed by atoms with Crippen molar-refractivity contribution in [2.24, 2.45) is 0 Å². The van der Waals surface area contributed by atoms with Crippen molar-refractivity contribution >= 4 is 51.3 Å². The minimum Gasteiger partial charge on any atom is -0.493 e. The summed E-state index contributed by atoms with van der Waals surface area (Å²) in [6, 6.07) is 7.38. The van der Waals surface area contributed by atoms with E-state index in [1.807, 2.05) is 12.1 Å². The first-order chi connectivity index (χ1) is 13.4. The van der Waals surface area contributed by atoms with Gasteiger partial charge in [0, 0.05) is 7.14 Å². The van der Waals surface area contributed by atoms with Crippen LogP contribution in [0.2, 0.25) is 0 Å². The molecule has 28 heavy (non-hydrogen) atoms. The third-order valence-electron chi connectivity index (χ3n) is 4.09. The van der Waals surface area contributed by atoms with Gasteiger partial charge in [-0.2, -0.15) is 0 Å². The van der Waals surface area contributed by atoms with E-state index in [-0.39, 0.29) is 0 Å². The van der Waals surface area contributed by atoms with Gasteiger partial charge >= 0.3 is 6.16 Å². The van der Waals surface area contributed by atoms with Crippen LogP contribution in [0, 0.1) is 7.14 Å². The van der Waals surface area contributed by atoms with Crippen molar-refractivity contribution in [3.8, 4) is 23.0 Å². The lowest BCUT2D eigenvalue weighted by atomic mass is 10.1. The van der Waals surface area contributed by atoms with Crippen LogP contribution in [0.4, 0.5) is 4.79 Å². The highest BCUT2D eigenvalue weighted by molar-refractivity contribution is 14.1. The van der Waals surface area contributed by atoms with Crippen molar-refractivity contribution < 1.29 is 23.7 Å². The van der Waals surface area contributed by atoms with Gasteiger partial charge in [0.15, 0.2) is 23.0 Å². The third-order valence-corrected chi connectivity index (χ3v) is 6.10. The van der Waals surface area contributed by atoms with Crippen molar-refractivity contribution in [3.05, 3.63) is 42.5 Å². The first kappa shape index (κ1) is 23.1. The zero-order valence-electron chi connectivity index (χ0n) is 16.4. The van der Waals surface area contributed by atoms with Gasteiger partial charge in [-0.1, -0.05) is 26.7 Å². The van der Waals surface area contributed by atoms with Crippen LogP contribution in [-0.4, -0.2) is 20.4 Å². The molecule has 0 N–H and O–H groups in total. The van der Waals surface area contributed by atoms with E-state index in [0.717, 1.165) is 44.0 Å². The van der Waals surface area contributed by atoms with Crippen molar-refractivity contribution in [2.75, 3.05) is 14.2 Å². The van der Waals surface area contributed by atoms with Crippen LogP contribution in [0.1, 0.15) is 37.8 Å². The summed E-state index contributed by atoms with van der Waals surface area (Å²) in [6.07, 6.45) is 3.06. The molecular weight excluding hydrogens is 586 g/mol. The van der Waals surface area contributed by atoms with Crippen molar-refractivity contribution in [2.45, 2.75) is 39.5 Å². The summed E-state index contributed by atoms with van der Waals surface area (Å²) in [7, 11) is 3.10. The van der Waals surface area contributed by atoms with Gasteiger partial charge in [-0.3, -0.25) is 0 Å². The van der Waals surface area contributed by atoms with E-state index in [9.17, 15) is 4.79 Å². The molecule has 0 atom stereocenters. The van der Waals surface area contributed by atoms with E-state index in [4.69, 9.17) is 18.9 Å². The summed E-state index contributed by atoms with van der Waals surface area (Å²) in [5, 5.41) is 0. The first-order valence-corrected chi connectivity index (χ1v) is 11.2. The maximum atomic E-state index is 12.4. The summed E-state index contributed by atoms with van der Waals surface area (Å²) < 4.78 is 23.6. The van der Waals surface area contributed by atoms with Gasteiger partial charge in [0.2, 0.25) is 0 Å². The Morgan fingerprint density at radius 3 is 1.46 bits per heavy atom. The fourth-order valence-corrected chi connectivity index (χ4v) is 4.17. The summed E-state index contributed by atoms with van der Waals surface area (Å²) in [4.78, 5) is 12.4. The maximum Gasteiger partial charge on any atom is 0.519 e. The van der Waals surface area contributed by atoms with Crippen LogP contribution in [0.15, 0.2) is 24.3 Å². The number of hydrogen-bond acceptors (Lipinski definition) is 5. The molecule has 0 spiro atoms. The van der Waals surface area contributed by atoms with Gasteiger partial charge in [-0.05, 0) is 93.4 Å². The van der Waals surface area contributed by atoms with E-state index in [1.54, 1.807) is 26.4 Å². The minimum atomic E-state index is -0.838. The SMILES string of the molecule is CCCc1cc(OC)c(OC(=O)Oc2cc(I)c(CCC)cc2OC)cc1I. The van der Waals surface area contributed by atoms with Crippen molar-refractivity contribution in [3.63, 3.8) is 0 Å². The number of aryl methyl sites for hydroxylation is 2. The smallest absolute Gasteiger partial charge is 0.493 e. The maximum absolute atomic E-state index is 12.4. The molecule has 2 aromatic rings. The lowest BCUT2D eigenvalue weighted by molar-refractivity contribution is 0.148. The first-order valence-electron chi connectivity index (χ1n) is 9.05. The van der Waals surface area contributed by atoms with Crippen LogP contribution in [0.3, 0.4) is 0 Å². The normalized spacial score (nSPS) is 10.5. The molecule has 0 aromatic heterocycles. The Hall–Kier alpha value is -1.23. The molecule has 0 heterocycles. The summed E-state index contributed by atoms with van der Waals surface area (Å²) >= 11 is 4.46. The summed E-state index contributed by atoms with van der Waals surface area (Å²) in [5.74, 6) is 1.65. The summed E-state index contributed by atoms with van der Waals surface area (Å²) in [5.41, 5.74) is 2.31. The van der Waals surface area contributed by atoms with Crippen LogP contribution in [-0.2, 0) is 12.8 Å². The Kier molecular flexibility index (Phi) is 9.13. The molecule has 0 radical (unpaired) electrons. The minimum absolute atomic E-state index is 0.327. The highest BCUT2D eigenvalue weighted by Gasteiger charge is 2.18. The number of ether oxygens (including phenoxy) is 4. The Balaban J connectivity index is 2.22. The molecule has 2 rings (SSSR count). The van der Waals surface area contributed by atoms with E-state index >= 15 is 0 Å². The molecule has 0 fully saturated rings. The Morgan fingerprint density at radius 1 is 0.750 bits per heavy atom. The fraction of sp³-hybridized carbons (Fsp3) is 0.381. The number of carbonyl (C=O) groups is 1. The predicted molar refractivity (Wildman–Crippen MR) is 126 cm³/mol. The second-order valence-corrected chi connectivity index (χ2v) is 8.47. The lowest BCUT2D eigenvalue weighted by Gasteiger charge is -2.14. The molecule has 5 nitrogen and oxygen atoms in total. The topological polar surface area (TPSA) is 54.0 Å². The number of hydrogen-bond donors (Lipinski definition) is 0. The van der Waals surface area contributed by atoms with E-state index in [2.05, 4.69) is 59.0 Å². The monoisotopic (exact) mass is 610 g/mol. The number of benzene rings is 2. The average molecular weight is 610 g/mol. The fourth-order valence-electron chi connectivity index (χ4n) is 2.76. The van der Waals surface area contributed by atoms with Gasteiger partial charge in [0.1, 0.15) is 0 Å². The highest BCUT2D eigenvalue weighted by Crippen LogP contribution is 2.35. The Morgan fingerprint density at radius 2 is 1.14 bits per heavy atom. The zero-order valence-corrected chi connectivity index (χ0v) is 20.7. The highest BCUT2D eigenvalue weighted by atomic mass is 127. The molecule has 0 saturated heterocycles. The molecule has 0 saturated carbocycles. The van der Waals surface area contributed by atoms with Gasteiger partial charge in [0.05, 0.1) is 14.2 Å². The van der Waals surface area contributed by atoms with Crippen LogP contribution in [0.25, 0.3) is 0 Å². The van der Waals surface area contributed by atoms with Crippen molar-refractivity contribution in [1.82, 2.24) is 0 Å². The second kappa shape index (κ2) is 11.1. The number of halogens is 2. The van der Waals surface area contributed by atoms with Gasteiger partial charge in [-0.15, -0.1) is 0 Å². The van der Waals surface area contributed by atoms with Crippen LogP contribution >= 0.6 is 45.2 Å². The molecular formula is C21H24I2O5. The van der Waals surface area contributed by atoms with Gasteiger partial charge in [0.25, 0.3) is 0 Å². The number of carbonyl (C=O) groups excluding carboxylic acids is 1. The van der Waals surface area contributed by atoms with Crippen molar-refractivity contribution in [1.29, 1.82) is 0 Å². The lowest BCUT2D eigenvalue weighted by Crippen LogP contribution is -2.15. The molecule has 0 amide bonds. The molecule has 7 heteroatoms. The van der Waals surface area contributed by atoms with Gasteiger partial charge in [-0.25, -0.2) is 4.79 Å². The molecule has 0 bridgehead atoms. The van der Waals surface area contributed by atoms with E-state index in [0.29, 0.717) is 23.0 Å². The quantitative estimate of drug-likeness (QED) is 0.197. The largest absolute Gasteiger partial charge is 0.519 e. The Bertz CT molecular complexity index is 769. The third kappa shape index (κ3) is 5.88. The van der Waals surface area contributed by atoms with E-state index in [1.165, 1.54) is 0 Å². The molecule has 0 aliphatic rings. The van der Waals surface area contributed by atoms with Crippen LogP contribution < -0.4 is 18.9 Å². The number of methoxy groups -OCH3 is 2. The standard InChI is InChI=1S/C21H24I2O5/c1-5-7-13-9-17(25-3)19(11-15(13)22)27-21(24)28-20-12-16(23)14(8-6-2)10-18(20)26-4/h9-12H,5-8H2,1-4H3. The number of rotatable bonds is 8. The second-order valence-electron chi connectivity index (χ2n) is 6.14. The van der Waals surface area contributed by atoms with E-state index < -0.39 is 6.16 Å². The average Bonchev–Trinajstić information content (AvgIpc) is 2.66. The molecule has 0 aliphatic carbocycles. The Labute approximate surface area is 193 Å². The van der Waals surface area contributed by atoms with Crippen LogP contribution in [0.5, 0.6) is 23.0 Å². The molecule has 152 valence electrons. The molecule has 2 aromatic carbocycles. The zero-order chi connectivity index (χ0) is 20.7. The van der Waals surface area contributed by atoms with Gasteiger partial charge < -0.3 is 18.9 Å².